The zero-order chi connectivity index (χ0) is 31.7. The highest BCUT2D eigenvalue weighted by molar-refractivity contribution is 6.09. The van der Waals surface area contributed by atoms with Gasteiger partial charge in [0.15, 0.2) is 5.82 Å². The number of para-hydroxylation sites is 2. The lowest BCUT2D eigenvalue weighted by Crippen LogP contribution is -2.33. The van der Waals surface area contributed by atoms with Crippen LogP contribution < -0.4 is 5.32 Å². The maximum Gasteiger partial charge on any atom is 0.416 e. The third-order valence-corrected chi connectivity index (χ3v) is 8.19. The molecule has 0 aliphatic carbocycles. The quantitative estimate of drug-likeness (QED) is 0.150. The molecule has 1 aliphatic rings. The van der Waals surface area contributed by atoms with Gasteiger partial charge in [0.2, 0.25) is 11.7 Å². The molecule has 10 heteroatoms. The van der Waals surface area contributed by atoms with E-state index in [0.29, 0.717) is 29.8 Å². The van der Waals surface area contributed by atoms with E-state index in [-0.39, 0.29) is 35.3 Å². The highest BCUT2D eigenvalue weighted by atomic mass is 19.4. The highest BCUT2D eigenvalue weighted by Crippen LogP contribution is 2.36. The molecule has 0 spiro atoms. The van der Waals surface area contributed by atoms with Crippen molar-refractivity contribution in [1.82, 2.24) is 14.5 Å². The average Bonchev–Trinajstić information content (AvgIpc) is 3.41. The van der Waals surface area contributed by atoms with E-state index in [0.717, 1.165) is 30.2 Å². The van der Waals surface area contributed by atoms with Gasteiger partial charge >= 0.3 is 6.18 Å². The Bertz CT molecular complexity index is 1870. The van der Waals surface area contributed by atoms with E-state index in [1.54, 1.807) is 24.3 Å². The third kappa shape index (κ3) is 6.51. The van der Waals surface area contributed by atoms with Gasteiger partial charge in [0.25, 0.3) is 0 Å². The van der Waals surface area contributed by atoms with Crippen molar-refractivity contribution in [3.05, 3.63) is 125 Å². The zero-order valence-corrected chi connectivity index (χ0v) is 24.4. The van der Waals surface area contributed by atoms with E-state index in [1.165, 1.54) is 47.9 Å². The summed E-state index contributed by atoms with van der Waals surface area (Å²) < 4.78 is 58.4. The molecule has 0 atom stereocenters. The number of likely N-dealkylation sites (tertiary alicyclic amines) is 1. The number of imidazole rings is 1. The third-order valence-electron chi connectivity index (χ3n) is 8.19. The number of hydrogen-bond acceptors (Lipinski definition) is 4. The van der Waals surface area contributed by atoms with E-state index in [2.05, 4.69) is 10.3 Å². The standard InChI is InChI=1S/C35H30F4N4O2/c1-22(44)40-28-6-4-5-24(19-28)23-15-17-42(18-16-23)21-26-10-9-25(20-30(26)35(37,38)39)33(45)34-41-31-7-2-3-8-32(31)43(34)29-13-11-27(36)12-14-29/h2-14,19-20,23H,15-18,21H2,1H3,(H,40,44). The van der Waals surface area contributed by atoms with Crippen LogP contribution >= 0.6 is 0 Å². The van der Waals surface area contributed by atoms with Crippen LogP contribution in [0.4, 0.5) is 23.2 Å². The van der Waals surface area contributed by atoms with E-state index >= 15 is 0 Å². The number of amides is 1. The minimum Gasteiger partial charge on any atom is -0.326 e. The summed E-state index contributed by atoms with van der Waals surface area (Å²) in [6.45, 7) is 2.76. The molecule has 1 amide bonds. The molecule has 0 saturated carbocycles. The van der Waals surface area contributed by atoms with Crippen molar-refractivity contribution < 1.29 is 27.2 Å². The SMILES string of the molecule is CC(=O)Nc1cccc(C2CCN(Cc3ccc(C(=O)c4nc5ccccc5n4-c4ccc(F)cc4)cc3C(F)(F)F)CC2)c1. The van der Waals surface area contributed by atoms with Gasteiger partial charge in [-0.15, -0.1) is 0 Å². The lowest BCUT2D eigenvalue weighted by Gasteiger charge is -2.33. The number of nitrogens with one attached hydrogen (secondary N) is 1. The molecule has 0 bridgehead atoms. The van der Waals surface area contributed by atoms with Gasteiger partial charge in [-0.1, -0.05) is 36.4 Å². The van der Waals surface area contributed by atoms with Crippen LogP contribution in [0.3, 0.4) is 0 Å². The van der Waals surface area contributed by atoms with Crippen molar-refractivity contribution in [3.63, 3.8) is 0 Å². The molecule has 4 aromatic carbocycles. The van der Waals surface area contributed by atoms with Crippen LogP contribution in [0.1, 0.15) is 58.6 Å². The number of aromatic nitrogens is 2. The fourth-order valence-electron chi connectivity index (χ4n) is 6.02. The van der Waals surface area contributed by atoms with Gasteiger partial charge in [-0.2, -0.15) is 13.2 Å². The number of carbonyl (C=O) groups is 2. The average molecular weight is 615 g/mol. The summed E-state index contributed by atoms with van der Waals surface area (Å²) in [5.41, 5.74) is 2.44. The number of piperidine rings is 1. The first-order valence-corrected chi connectivity index (χ1v) is 14.6. The number of benzene rings is 4. The number of halogens is 4. The first-order valence-electron chi connectivity index (χ1n) is 14.6. The number of carbonyl (C=O) groups excluding carboxylic acids is 2. The first kappa shape index (κ1) is 30.2. The van der Waals surface area contributed by atoms with Crippen LogP contribution in [-0.4, -0.2) is 39.2 Å². The topological polar surface area (TPSA) is 67.2 Å². The van der Waals surface area contributed by atoms with Crippen molar-refractivity contribution in [2.45, 2.75) is 38.4 Å². The summed E-state index contributed by atoms with van der Waals surface area (Å²) in [7, 11) is 0. The van der Waals surface area contributed by atoms with E-state index in [9.17, 15) is 27.2 Å². The second-order valence-electron chi connectivity index (χ2n) is 11.3. The molecule has 0 unspecified atom stereocenters. The monoisotopic (exact) mass is 614 g/mol. The van der Waals surface area contributed by atoms with Crippen LogP contribution in [0.15, 0.2) is 91.0 Å². The maximum absolute atomic E-state index is 14.4. The van der Waals surface area contributed by atoms with Crippen molar-refractivity contribution in [3.8, 4) is 5.69 Å². The number of anilines is 1. The molecular weight excluding hydrogens is 584 g/mol. The largest absolute Gasteiger partial charge is 0.416 e. The fourth-order valence-corrected chi connectivity index (χ4v) is 6.02. The maximum atomic E-state index is 14.4. The predicted octanol–water partition coefficient (Wildman–Crippen LogP) is 7.75. The second-order valence-corrected chi connectivity index (χ2v) is 11.3. The molecule has 45 heavy (non-hydrogen) atoms. The Labute approximate surface area is 257 Å². The summed E-state index contributed by atoms with van der Waals surface area (Å²) in [5, 5.41) is 2.79. The Morgan fingerprint density at radius 1 is 0.911 bits per heavy atom. The molecule has 6 rings (SSSR count). The number of rotatable bonds is 7. The second kappa shape index (κ2) is 12.3. The predicted molar refractivity (Wildman–Crippen MR) is 164 cm³/mol. The lowest BCUT2D eigenvalue weighted by atomic mass is 9.89. The van der Waals surface area contributed by atoms with Crippen LogP contribution in [0.25, 0.3) is 16.7 Å². The summed E-state index contributed by atoms with van der Waals surface area (Å²) >= 11 is 0. The van der Waals surface area contributed by atoms with Gasteiger partial charge in [0, 0.05) is 30.4 Å². The minimum absolute atomic E-state index is 0.0617. The van der Waals surface area contributed by atoms with Crippen LogP contribution in [0.2, 0.25) is 0 Å². The molecule has 1 saturated heterocycles. The fraction of sp³-hybridized carbons (Fsp3) is 0.229. The van der Waals surface area contributed by atoms with Gasteiger partial charge in [0.1, 0.15) is 5.82 Å². The van der Waals surface area contributed by atoms with Crippen molar-refractivity contribution >= 4 is 28.4 Å². The summed E-state index contributed by atoms with van der Waals surface area (Å²) in [4.78, 5) is 31.6. The van der Waals surface area contributed by atoms with Crippen LogP contribution in [0, 0.1) is 5.82 Å². The van der Waals surface area contributed by atoms with Crippen LogP contribution in [0.5, 0.6) is 0 Å². The van der Waals surface area contributed by atoms with E-state index < -0.39 is 23.3 Å². The molecule has 1 aliphatic heterocycles. The molecule has 2 heterocycles. The summed E-state index contributed by atoms with van der Waals surface area (Å²) in [6.07, 6.45) is -3.15. The van der Waals surface area contributed by atoms with Gasteiger partial charge < -0.3 is 5.32 Å². The van der Waals surface area contributed by atoms with Gasteiger partial charge in [0.05, 0.1) is 16.6 Å². The van der Waals surface area contributed by atoms with Crippen LogP contribution in [-0.2, 0) is 17.5 Å². The Balaban J connectivity index is 1.24. The Morgan fingerprint density at radius 3 is 2.36 bits per heavy atom. The lowest BCUT2D eigenvalue weighted by molar-refractivity contribution is -0.138. The molecule has 1 fully saturated rings. The number of hydrogen-bond donors (Lipinski definition) is 1. The van der Waals surface area contributed by atoms with Crippen molar-refractivity contribution in [2.24, 2.45) is 0 Å². The number of nitrogens with zero attached hydrogens (tertiary/aromatic N) is 3. The van der Waals surface area contributed by atoms with Gasteiger partial charge in [-0.25, -0.2) is 9.37 Å². The Morgan fingerprint density at radius 2 is 1.64 bits per heavy atom. The number of alkyl halides is 3. The molecular formula is C35H30F4N4O2. The summed E-state index contributed by atoms with van der Waals surface area (Å²) in [6, 6.07) is 23.8. The first-order chi connectivity index (χ1) is 21.6. The molecule has 1 aromatic heterocycles. The molecule has 230 valence electrons. The van der Waals surface area contributed by atoms with Crippen molar-refractivity contribution in [1.29, 1.82) is 0 Å². The molecule has 0 radical (unpaired) electrons. The molecule has 1 N–H and O–H groups in total. The smallest absolute Gasteiger partial charge is 0.326 e. The number of ketones is 1. The Kier molecular flexibility index (Phi) is 8.24. The Hall–Kier alpha value is -4.83. The molecule has 5 aromatic rings. The molecule has 6 nitrogen and oxygen atoms in total. The van der Waals surface area contributed by atoms with E-state index in [1.807, 2.05) is 29.2 Å². The summed E-state index contributed by atoms with van der Waals surface area (Å²) in [5.74, 6) is -1.11. The zero-order valence-electron chi connectivity index (χ0n) is 24.4. The van der Waals surface area contributed by atoms with E-state index in [4.69, 9.17) is 0 Å². The minimum atomic E-state index is -4.68. The van der Waals surface area contributed by atoms with Gasteiger partial charge in [-0.3, -0.25) is 19.1 Å². The normalized spacial score (nSPS) is 14.5. The highest BCUT2D eigenvalue weighted by Gasteiger charge is 2.35. The number of fused-ring (bicyclic) bond motifs is 1. The van der Waals surface area contributed by atoms with Crippen molar-refractivity contribution in [2.75, 3.05) is 18.4 Å². The van der Waals surface area contributed by atoms with Gasteiger partial charge in [-0.05, 0) is 97.6 Å².